The average Bonchev–Trinajstić information content (AvgIpc) is 2.95. The molecule has 1 aromatic heterocycles. The van der Waals surface area contributed by atoms with Crippen molar-refractivity contribution in [2.75, 3.05) is 4.90 Å². The molecule has 5 heteroatoms. The summed E-state index contributed by atoms with van der Waals surface area (Å²) < 4.78 is 5.12. The van der Waals surface area contributed by atoms with Gasteiger partial charge >= 0.3 is 5.97 Å². The number of aryl methyl sites for hydroxylation is 2. The van der Waals surface area contributed by atoms with Crippen LogP contribution in [0.4, 0.5) is 5.69 Å². The van der Waals surface area contributed by atoms with Crippen molar-refractivity contribution in [1.29, 1.82) is 0 Å². The minimum absolute atomic E-state index is 0.116. The molecule has 0 fully saturated rings. The Morgan fingerprint density at radius 3 is 2.24 bits per heavy atom. The Morgan fingerprint density at radius 2 is 1.76 bits per heavy atom. The lowest BCUT2D eigenvalue weighted by Gasteiger charge is -2.28. The van der Waals surface area contributed by atoms with Crippen molar-refractivity contribution >= 4 is 17.6 Å². The second-order valence-corrected chi connectivity index (χ2v) is 4.91. The topological polar surface area (TPSA) is 70.8 Å². The number of rotatable bonds is 4. The van der Waals surface area contributed by atoms with E-state index in [-0.39, 0.29) is 5.76 Å². The van der Waals surface area contributed by atoms with E-state index in [1.807, 2.05) is 32.0 Å². The highest BCUT2D eigenvalue weighted by atomic mass is 16.4. The van der Waals surface area contributed by atoms with E-state index in [1.165, 1.54) is 24.2 Å². The van der Waals surface area contributed by atoms with Gasteiger partial charge in [0.1, 0.15) is 6.04 Å². The van der Waals surface area contributed by atoms with Gasteiger partial charge in [0.25, 0.3) is 5.91 Å². The summed E-state index contributed by atoms with van der Waals surface area (Å²) in [6, 6.07) is 7.69. The highest BCUT2D eigenvalue weighted by Gasteiger charge is 2.31. The number of carbonyl (C=O) groups excluding carboxylic acids is 1. The monoisotopic (exact) mass is 287 g/mol. The molecule has 1 heterocycles. The SMILES string of the molecule is Cc1cccc(C)c1N(C(=O)c1ccco1)[C@@H](C)C(=O)O. The van der Waals surface area contributed by atoms with E-state index in [4.69, 9.17) is 4.42 Å². The van der Waals surface area contributed by atoms with Crippen molar-refractivity contribution < 1.29 is 19.1 Å². The largest absolute Gasteiger partial charge is 0.480 e. The third-order valence-electron chi connectivity index (χ3n) is 3.38. The number of carbonyl (C=O) groups is 2. The second-order valence-electron chi connectivity index (χ2n) is 4.91. The Morgan fingerprint density at radius 1 is 1.14 bits per heavy atom. The third kappa shape index (κ3) is 2.81. The molecule has 21 heavy (non-hydrogen) atoms. The summed E-state index contributed by atoms with van der Waals surface area (Å²) >= 11 is 0. The fourth-order valence-corrected chi connectivity index (χ4v) is 2.29. The zero-order chi connectivity index (χ0) is 15.6. The summed E-state index contributed by atoms with van der Waals surface area (Å²) in [7, 11) is 0. The van der Waals surface area contributed by atoms with Crippen LogP contribution in [-0.4, -0.2) is 23.0 Å². The molecule has 0 unspecified atom stereocenters. The van der Waals surface area contributed by atoms with Gasteiger partial charge in [0.05, 0.1) is 12.0 Å². The molecule has 0 saturated carbocycles. The molecule has 0 aliphatic heterocycles. The summed E-state index contributed by atoms with van der Waals surface area (Å²) in [6.45, 7) is 5.17. The van der Waals surface area contributed by atoms with Gasteiger partial charge in [0.2, 0.25) is 0 Å². The van der Waals surface area contributed by atoms with Gasteiger partial charge in [-0.15, -0.1) is 0 Å². The van der Waals surface area contributed by atoms with Crippen molar-refractivity contribution in [3.8, 4) is 0 Å². The quantitative estimate of drug-likeness (QED) is 0.938. The fraction of sp³-hybridized carbons (Fsp3) is 0.250. The van der Waals surface area contributed by atoms with Crippen molar-refractivity contribution in [1.82, 2.24) is 0 Å². The maximum atomic E-state index is 12.6. The third-order valence-corrected chi connectivity index (χ3v) is 3.38. The molecule has 1 aromatic carbocycles. The molecule has 110 valence electrons. The van der Waals surface area contributed by atoms with Crippen LogP contribution in [0.15, 0.2) is 41.0 Å². The van der Waals surface area contributed by atoms with Crippen LogP contribution in [0, 0.1) is 13.8 Å². The van der Waals surface area contributed by atoms with Crippen LogP contribution in [0.1, 0.15) is 28.6 Å². The van der Waals surface area contributed by atoms with Gasteiger partial charge in [-0.25, -0.2) is 4.79 Å². The number of carboxylic acid groups (broad SMARTS) is 1. The van der Waals surface area contributed by atoms with Gasteiger partial charge in [-0.05, 0) is 44.0 Å². The number of anilines is 1. The highest BCUT2D eigenvalue weighted by molar-refractivity contribution is 6.08. The highest BCUT2D eigenvalue weighted by Crippen LogP contribution is 2.28. The van der Waals surface area contributed by atoms with E-state index in [9.17, 15) is 14.7 Å². The Kier molecular flexibility index (Phi) is 4.12. The molecule has 1 amide bonds. The first-order valence-corrected chi connectivity index (χ1v) is 6.59. The molecule has 1 atom stereocenters. The first-order chi connectivity index (χ1) is 9.93. The Labute approximate surface area is 122 Å². The molecule has 0 saturated heterocycles. The number of amides is 1. The van der Waals surface area contributed by atoms with Crippen molar-refractivity contribution in [3.05, 3.63) is 53.5 Å². The van der Waals surface area contributed by atoms with Crippen molar-refractivity contribution in [3.63, 3.8) is 0 Å². The molecule has 1 N–H and O–H groups in total. The van der Waals surface area contributed by atoms with Crippen LogP contribution in [-0.2, 0) is 4.79 Å². The summed E-state index contributed by atoms with van der Waals surface area (Å²) in [5.41, 5.74) is 2.28. The molecule has 0 aliphatic carbocycles. The summed E-state index contributed by atoms with van der Waals surface area (Å²) in [5, 5.41) is 9.32. The van der Waals surface area contributed by atoms with Gasteiger partial charge in [-0.3, -0.25) is 9.69 Å². The van der Waals surface area contributed by atoms with Crippen LogP contribution >= 0.6 is 0 Å². The number of furan rings is 1. The van der Waals surface area contributed by atoms with Gasteiger partial charge in [-0.2, -0.15) is 0 Å². The molecule has 0 bridgehead atoms. The maximum Gasteiger partial charge on any atom is 0.326 e. The van der Waals surface area contributed by atoms with Gasteiger partial charge in [0, 0.05) is 0 Å². The molecule has 2 rings (SSSR count). The average molecular weight is 287 g/mol. The number of carboxylic acids is 1. The molecular weight excluding hydrogens is 270 g/mol. The molecular formula is C16H17NO4. The van der Waals surface area contributed by atoms with Gasteiger partial charge in [-0.1, -0.05) is 18.2 Å². The van der Waals surface area contributed by atoms with Crippen molar-refractivity contribution in [2.45, 2.75) is 26.8 Å². The van der Waals surface area contributed by atoms with Gasteiger partial charge < -0.3 is 9.52 Å². The first-order valence-electron chi connectivity index (χ1n) is 6.59. The number of para-hydroxylation sites is 1. The van der Waals surface area contributed by atoms with E-state index < -0.39 is 17.9 Å². The smallest absolute Gasteiger partial charge is 0.326 e. The van der Waals surface area contributed by atoms with Crippen LogP contribution in [0.25, 0.3) is 0 Å². The van der Waals surface area contributed by atoms with Gasteiger partial charge in [0.15, 0.2) is 5.76 Å². The maximum absolute atomic E-state index is 12.6. The lowest BCUT2D eigenvalue weighted by atomic mass is 10.1. The van der Waals surface area contributed by atoms with E-state index in [0.29, 0.717) is 5.69 Å². The Bertz CT molecular complexity index is 641. The predicted octanol–water partition coefficient (Wildman–Crippen LogP) is 3.02. The lowest BCUT2D eigenvalue weighted by molar-refractivity contribution is -0.138. The normalized spacial score (nSPS) is 12.0. The van der Waals surface area contributed by atoms with Crippen LogP contribution in [0.2, 0.25) is 0 Å². The summed E-state index contributed by atoms with van der Waals surface area (Å²) in [5.74, 6) is -1.42. The van der Waals surface area contributed by atoms with E-state index in [2.05, 4.69) is 0 Å². The van der Waals surface area contributed by atoms with Crippen LogP contribution in [0.3, 0.4) is 0 Å². The molecule has 0 aliphatic rings. The molecule has 5 nitrogen and oxygen atoms in total. The number of hydrogen-bond acceptors (Lipinski definition) is 3. The van der Waals surface area contributed by atoms with E-state index >= 15 is 0 Å². The fourth-order valence-electron chi connectivity index (χ4n) is 2.29. The zero-order valence-corrected chi connectivity index (χ0v) is 12.2. The standard InChI is InChI=1S/C16H17NO4/c1-10-6-4-7-11(2)14(10)17(12(3)16(19)20)15(18)13-8-5-9-21-13/h4-9,12H,1-3H3,(H,19,20)/t12-/m0/s1. The Hall–Kier alpha value is -2.56. The summed E-state index contributed by atoms with van der Waals surface area (Å²) in [4.78, 5) is 25.3. The second kappa shape index (κ2) is 5.83. The minimum atomic E-state index is -1.07. The number of aliphatic carboxylic acids is 1. The number of nitrogens with zero attached hydrogens (tertiary/aromatic N) is 1. The first kappa shape index (κ1) is 14.8. The van der Waals surface area contributed by atoms with E-state index in [1.54, 1.807) is 6.07 Å². The summed E-state index contributed by atoms with van der Waals surface area (Å²) in [6.07, 6.45) is 1.39. The van der Waals surface area contributed by atoms with Crippen molar-refractivity contribution in [2.24, 2.45) is 0 Å². The zero-order valence-electron chi connectivity index (χ0n) is 12.2. The predicted molar refractivity (Wildman–Crippen MR) is 78.5 cm³/mol. The number of hydrogen-bond donors (Lipinski definition) is 1. The van der Waals surface area contributed by atoms with E-state index in [0.717, 1.165) is 11.1 Å². The molecule has 0 spiro atoms. The Balaban J connectivity index is 2.56. The molecule has 2 aromatic rings. The number of benzene rings is 1. The van der Waals surface area contributed by atoms with Crippen LogP contribution in [0.5, 0.6) is 0 Å². The molecule has 0 radical (unpaired) electrons. The van der Waals surface area contributed by atoms with Crippen LogP contribution < -0.4 is 4.90 Å². The minimum Gasteiger partial charge on any atom is -0.480 e. The lowest BCUT2D eigenvalue weighted by Crippen LogP contribution is -2.44.